The van der Waals surface area contributed by atoms with Gasteiger partial charge < -0.3 is 14.8 Å². The normalized spacial score (nSPS) is 15.3. The predicted octanol–water partition coefficient (Wildman–Crippen LogP) is 4.54. The Morgan fingerprint density at radius 2 is 1.97 bits per heavy atom. The van der Waals surface area contributed by atoms with Gasteiger partial charge in [-0.15, -0.1) is 0 Å². The lowest BCUT2D eigenvalue weighted by molar-refractivity contribution is -0.116. The monoisotopic (exact) mass is 403 g/mol. The summed E-state index contributed by atoms with van der Waals surface area (Å²) in [6.45, 7) is 8.17. The van der Waals surface area contributed by atoms with E-state index in [1.54, 1.807) is 17.9 Å². The molecule has 1 atom stereocenters. The number of nitrogens with zero attached hydrogens (tertiary/aromatic N) is 2. The Balaban J connectivity index is 1.75. The second kappa shape index (κ2) is 8.06. The van der Waals surface area contributed by atoms with E-state index in [0.717, 1.165) is 27.9 Å². The van der Waals surface area contributed by atoms with Crippen LogP contribution >= 0.6 is 0 Å². The number of anilines is 1. The van der Waals surface area contributed by atoms with Crippen molar-refractivity contribution in [3.63, 3.8) is 0 Å². The number of hydrogen-bond acceptors (Lipinski definition) is 4. The highest BCUT2D eigenvalue weighted by Gasteiger charge is 2.31. The summed E-state index contributed by atoms with van der Waals surface area (Å²) in [4.78, 5) is 12.6. The minimum absolute atomic E-state index is 0.0374. The topological polar surface area (TPSA) is 65.4 Å². The molecule has 1 amide bonds. The molecule has 0 bridgehead atoms. The molecule has 1 aliphatic rings. The molecule has 154 valence electrons. The largest absolute Gasteiger partial charge is 0.493 e. The van der Waals surface area contributed by atoms with Gasteiger partial charge in [0.2, 0.25) is 5.91 Å². The van der Waals surface area contributed by atoms with Gasteiger partial charge in [-0.2, -0.15) is 5.10 Å². The molecule has 3 aromatic rings. The quantitative estimate of drug-likeness (QED) is 0.614. The lowest BCUT2D eigenvalue weighted by Crippen LogP contribution is -2.24. The van der Waals surface area contributed by atoms with Crippen molar-refractivity contribution >= 4 is 11.7 Å². The van der Waals surface area contributed by atoms with E-state index in [0.29, 0.717) is 30.3 Å². The van der Waals surface area contributed by atoms with E-state index in [1.807, 2.05) is 24.4 Å². The van der Waals surface area contributed by atoms with Crippen molar-refractivity contribution in [1.82, 2.24) is 9.78 Å². The molecular weight excluding hydrogens is 378 g/mol. The van der Waals surface area contributed by atoms with Gasteiger partial charge in [0.05, 0.1) is 19.0 Å². The SMILES string of the molecule is C=CCOc1ccc(C2CC(=O)Nc3c2cnn3-c2cc(C)cc(C)c2)cc1OC. The third kappa shape index (κ3) is 3.68. The maximum atomic E-state index is 12.6. The highest BCUT2D eigenvalue weighted by atomic mass is 16.5. The molecular formula is C24H25N3O3. The summed E-state index contributed by atoms with van der Waals surface area (Å²) in [6, 6.07) is 12.0. The zero-order valence-corrected chi connectivity index (χ0v) is 17.4. The minimum Gasteiger partial charge on any atom is -0.493 e. The highest BCUT2D eigenvalue weighted by molar-refractivity contribution is 5.94. The number of rotatable bonds is 6. The second-order valence-corrected chi connectivity index (χ2v) is 7.52. The molecule has 1 unspecified atom stereocenters. The summed E-state index contributed by atoms with van der Waals surface area (Å²) >= 11 is 0. The van der Waals surface area contributed by atoms with Gasteiger partial charge in [0.25, 0.3) is 0 Å². The van der Waals surface area contributed by atoms with E-state index in [4.69, 9.17) is 9.47 Å². The van der Waals surface area contributed by atoms with Gasteiger partial charge in [-0.3, -0.25) is 4.79 Å². The van der Waals surface area contributed by atoms with Crippen LogP contribution in [0.1, 0.15) is 34.6 Å². The van der Waals surface area contributed by atoms with E-state index >= 15 is 0 Å². The van der Waals surface area contributed by atoms with Crippen LogP contribution in [-0.2, 0) is 4.79 Å². The van der Waals surface area contributed by atoms with Crippen molar-refractivity contribution in [2.45, 2.75) is 26.2 Å². The molecule has 0 aliphatic carbocycles. The van der Waals surface area contributed by atoms with Crippen LogP contribution in [0.5, 0.6) is 11.5 Å². The first-order valence-electron chi connectivity index (χ1n) is 9.88. The summed E-state index contributed by atoms with van der Waals surface area (Å²) in [6.07, 6.45) is 3.87. The number of fused-ring (bicyclic) bond motifs is 1. The molecule has 1 N–H and O–H groups in total. The average Bonchev–Trinajstić information content (AvgIpc) is 3.14. The number of hydrogen-bond donors (Lipinski definition) is 1. The Labute approximate surface area is 176 Å². The first-order chi connectivity index (χ1) is 14.5. The molecule has 30 heavy (non-hydrogen) atoms. The van der Waals surface area contributed by atoms with Crippen LogP contribution in [0.25, 0.3) is 5.69 Å². The molecule has 0 radical (unpaired) electrons. The number of benzene rings is 2. The lowest BCUT2D eigenvalue weighted by atomic mass is 9.87. The van der Waals surface area contributed by atoms with Crippen molar-refractivity contribution in [1.29, 1.82) is 0 Å². The van der Waals surface area contributed by atoms with Gasteiger partial charge in [0.15, 0.2) is 11.5 Å². The number of nitrogens with one attached hydrogen (secondary N) is 1. The Morgan fingerprint density at radius 3 is 2.67 bits per heavy atom. The summed E-state index contributed by atoms with van der Waals surface area (Å²) in [5.41, 5.74) is 5.19. The molecule has 0 fully saturated rings. The predicted molar refractivity (Wildman–Crippen MR) is 117 cm³/mol. The molecule has 4 rings (SSSR count). The zero-order chi connectivity index (χ0) is 21.3. The number of ether oxygens (including phenoxy) is 2. The molecule has 2 aromatic carbocycles. The molecule has 0 saturated carbocycles. The maximum absolute atomic E-state index is 12.6. The Bertz CT molecular complexity index is 1100. The summed E-state index contributed by atoms with van der Waals surface area (Å²) < 4.78 is 13.0. The van der Waals surface area contributed by atoms with Crippen LogP contribution in [0.15, 0.2) is 55.3 Å². The van der Waals surface area contributed by atoms with Gasteiger partial charge in [-0.05, 0) is 54.8 Å². The number of carbonyl (C=O) groups excluding carboxylic acids is 1. The lowest BCUT2D eigenvalue weighted by Gasteiger charge is -2.24. The van der Waals surface area contributed by atoms with Gasteiger partial charge in [-0.1, -0.05) is 24.8 Å². The number of aryl methyl sites for hydroxylation is 2. The molecule has 1 aromatic heterocycles. The Kier molecular flexibility index (Phi) is 5.31. The number of aromatic nitrogens is 2. The molecule has 1 aliphatic heterocycles. The van der Waals surface area contributed by atoms with Gasteiger partial charge in [-0.25, -0.2) is 4.68 Å². The van der Waals surface area contributed by atoms with E-state index < -0.39 is 0 Å². The molecule has 0 spiro atoms. The third-order valence-corrected chi connectivity index (χ3v) is 5.22. The van der Waals surface area contributed by atoms with Crippen molar-refractivity contribution in [3.8, 4) is 17.2 Å². The zero-order valence-electron chi connectivity index (χ0n) is 17.4. The minimum atomic E-state index is -0.115. The number of carbonyl (C=O) groups is 1. The Hall–Kier alpha value is -3.54. The van der Waals surface area contributed by atoms with Gasteiger partial charge in [0, 0.05) is 17.9 Å². The van der Waals surface area contributed by atoms with Crippen molar-refractivity contribution in [3.05, 3.63) is 77.5 Å². The third-order valence-electron chi connectivity index (χ3n) is 5.22. The van der Waals surface area contributed by atoms with E-state index in [-0.39, 0.29) is 11.8 Å². The molecule has 6 heteroatoms. The Morgan fingerprint density at radius 1 is 1.20 bits per heavy atom. The van der Waals surface area contributed by atoms with E-state index in [9.17, 15) is 4.79 Å². The van der Waals surface area contributed by atoms with Crippen LogP contribution in [0.2, 0.25) is 0 Å². The first-order valence-corrected chi connectivity index (χ1v) is 9.88. The standard InChI is InChI=1S/C24H25N3O3/c1-5-8-30-21-7-6-17(12-22(21)29-4)19-13-23(28)26-24-20(19)14-25-27(24)18-10-15(2)9-16(3)11-18/h5-7,9-12,14,19H,1,8,13H2,2-4H3,(H,26,28). The fraction of sp³-hybridized carbons (Fsp3) is 0.250. The molecule has 6 nitrogen and oxygen atoms in total. The second-order valence-electron chi connectivity index (χ2n) is 7.52. The van der Waals surface area contributed by atoms with Gasteiger partial charge >= 0.3 is 0 Å². The van der Waals surface area contributed by atoms with Crippen molar-refractivity contribution in [2.75, 3.05) is 19.0 Å². The van der Waals surface area contributed by atoms with Crippen molar-refractivity contribution < 1.29 is 14.3 Å². The molecule has 0 saturated heterocycles. The first kappa shape index (κ1) is 19.8. The summed E-state index contributed by atoms with van der Waals surface area (Å²) in [5, 5.41) is 7.60. The van der Waals surface area contributed by atoms with Crippen molar-refractivity contribution in [2.24, 2.45) is 0 Å². The van der Waals surface area contributed by atoms with E-state index in [2.05, 4.69) is 49.0 Å². The smallest absolute Gasteiger partial charge is 0.226 e. The van der Waals surface area contributed by atoms with Crippen LogP contribution in [0, 0.1) is 13.8 Å². The van der Waals surface area contributed by atoms with E-state index in [1.165, 1.54) is 0 Å². The van der Waals surface area contributed by atoms with Crippen LogP contribution in [0.4, 0.5) is 5.82 Å². The summed E-state index contributed by atoms with van der Waals surface area (Å²) in [5.74, 6) is 1.84. The average molecular weight is 403 g/mol. The maximum Gasteiger partial charge on any atom is 0.226 e. The van der Waals surface area contributed by atoms with Crippen LogP contribution in [0.3, 0.4) is 0 Å². The molecule has 2 heterocycles. The van der Waals surface area contributed by atoms with Crippen LogP contribution < -0.4 is 14.8 Å². The summed E-state index contributed by atoms with van der Waals surface area (Å²) in [7, 11) is 1.61. The number of amides is 1. The fourth-order valence-corrected chi connectivity index (χ4v) is 3.95. The fourth-order valence-electron chi connectivity index (χ4n) is 3.95. The van der Waals surface area contributed by atoms with Gasteiger partial charge in [0.1, 0.15) is 12.4 Å². The highest BCUT2D eigenvalue weighted by Crippen LogP contribution is 2.40. The number of methoxy groups -OCH3 is 1. The van der Waals surface area contributed by atoms with Crippen LogP contribution in [-0.4, -0.2) is 29.4 Å².